The summed E-state index contributed by atoms with van der Waals surface area (Å²) in [7, 11) is 0. The first-order valence-corrected chi connectivity index (χ1v) is 13.9. The van der Waals surface area contributed by atoms with E-state index in [9.17, 15) is 35.9 Å². The van der Waals surface area contributed by atoms with Crippen molar-refractivity contribution in [3.63, 3.8) is 0 Å². The third kappa shape index (κ3) is 10.2. The van der Waals surface area contributed by atoms with E-state index in [0.717, 1.165) is 0 Å². The number of nitrogens with zero attached hydrogens (tertiary/aromatic N) is 6. The molecular formula is C35H30N7O4+. The number of carboxylic acids is 2. The first kappa shape index (κ1) is 37.3. The number of allylic oxidation sites excluding steroid dienone is 8. The largest absolute Gasteiger partial charge is 0.478 e. The molecule has 0 amide bonds. The standard InChI is InChI=1S/C29H14N6O4.C6H15N/c1-35-25(17-34)27(19-7-11-21(12-8-19)29(38)39)23(14-31)4-2-3-22(13-30)26(24(15-32)16-33)18-5-9-20(10-6-18)28(36)37;1-4-7(5-2)6-3/h2-12,24H,(H,36,37)(H,38,39);4-6H2,1-3H3/p+1/b3-2+,23-4+,26-22-,27-25+;. The maximum atomic E-state index is 11.2. The Morgan fingerprint density at radius 3 is 1.57 bits per heavy atom. The maximum absolute atomic E-state index is 11.2. The summed E-state index contributed by atoms with van der Waals surface area (Å²) in [5, 5.41) is 66.2. The average molecular weight is 613 g/mol. The number of rotatable bonds is 11. The summed E-state index contributed by atoms with van der Waals surface area (Å²) in [5.74, 6) is -3.75. The highest BCUT2D eigenvalue weighted by Gasteiger charge is 2.20. The number of carboxylic acid groups (broad SMARTS) is 2. The predicted molar refractivity (Wildman–Crippen MR) is 169 cm³/mol. The van der Waals surface area contributed by atoms with Crippen LogP contribution in [-0.4, -0.2) is 41.8 Å². The molecule has 0 spiro atoms. The van der Waals surface area contributed by atoms with Crippen LogP contribution in [0.2, 0.25) is 0 Å². The van der Waals surface area contributed by atoms with Crippen molar-refractivity contribution >= 4 is 23.1 Å². The lowest BCUT2D eigenvalue weighted by atomic mass is 9.89. The van der Waals surface area contributed by atoms with Crippen LogP contribution in [0.15, 0.2) is 83.6 Å². The summed E-state index contributed by atoms with van der Waals surface area (Å²) < 4.78 is 0. The molecule has 0 aliphatic carbocycles. The second-order valence-electron chi connectivity index (χ2n) is 9.20. The van der Waals surface area contributed by atoms with E-state index in [0.29, 0.717) is 0 Å². The van der Waals surface area contributed by atoms with Crippen LogP contribution >= 0.6 is 0 Å². The van der Waals surface area contributed by atoms with Gasteiger partial charge in [-0.2, -0.15) is 21.0 Å². The molecule has 2 aromatic carbocycles. The van der Waals surface area contributed by atoms with Crippen LogP contribution in [0.5, 0.6) is 0 Å². The lowest BCUT2D eigenvalue weighted by Gasteiger charge is -2.10. The van der Waals surface area contributed by atoms with Crippen molar-refractivity contribution in [3.8, 4) is 30.3 Å². The monoisotopic (exact) mass is 612 g/mol. The van der Waals surface area contributed by atoms with Gasteiger partial charge in [-0.05, 0) is 68.3 Å². The third-order valence-corrected chi connectivity index (χ3v) is 6.69. The summed E-state index contributed by atoms with van der Waals surface area (Å²) >= 11 is 0. The highest BCUT2D eigenvalue weighted by atomic mass is 16.4. The first-order chi connectivity index (χ1) is 22.1. The first-order valence-electron chi connectivity index (χ1n) is 13.9. The van der Waals surface area contributed by atoms with Crippen LogP contribution in [0.3, 0.4) is 0 Å². The van der Waals surface area contributed by atoms with Crippen LogP contribution in [0.1, 0.15) is 52.6 Å². The molecule has 3 N–H and O–H groups in total. The van der Waals surface area contributed by atoms with Gasteiger partial charge >= 0.3 is 11.9 Å². The normalized spacial score (nSPS) is 11.7. The van der Waals surface area contributed by atoms with Crippen LogP contribution in [0.25, 0.3) is 16.0 Å². The zero-order valence-corrected chi connectivity index (χ0v) is 25.4. The minimum atomic E-state index is -1.38. The molecule has 0 radical (unpaired) electrons. The molecule has 0 heterocycles. The number of hydrogen-bond acceptors (Lipinski definition) is 7. The number of hydrogen-bond donors (Lipinski definition) is 3. The number of carbonyl (C=O) groups is 2. The maximum Gasteiger partial charge on any atom is 0.335 e. The summed E-state index contributed by atoms with van der Waals surface area (Å²) in [4.78, 5) is 27.2. The van der Waals surface area contributed by atoms with Gasteiger partial charge in [0.05, 0.1) is 78.8 Å². The fourth-order valence-corrected chi connectivity index (χ4v) is 4.12. The molecule has 46 heavy (non-hydrogen) atoms. The molecule has 2 rings (SSSR count). The lowest BCUT2D eigenvalue weighted by molar-refractivity contribution is -0.894. The van der Waals surface area contributed by atoms with Gasteiger partial charge in [0.1, 0.15) is 0 Å². The average Bonchev–Trinajstić information content (AvgIpc) is 3.08. The Hall–Kier alpha value is -6.76. The fourth-order valence-electron chi connectivity index (χ4n) is 4.12. The molecule has 228 valence electrons. The van der Waals surface area contributed by atoms with Crippen LogP contribution in [-0.2, 0) is 0 Å². The minimum absolute atomic E-state index is 0.0153. The summed E-state index contributed by atoms with van der Waals surface area (Å²) in [6.07, 6.45) is 3.72. The summed E-state index contributed by atoms with van der Waals surface area (Å²) in [6.45, 7) is 17.8. The number of benzene rings is 2. The Balaban J connectivity index is 0.00000135. The van der Waals surface area contributed by atoms with Crippen molar-refractivity contribution in [1.82, 2.24) is 0 Å². The molecule has 2 aromatic rings. The van der Waals surface area contributed by atoms with Gasteiger partial charge in [-0.15, -0.1) is 0 Å². The van der Waals surface area contributed by atoms with E-state index < -0.39 is 23.6 Å². The number of nitrogens with one attached hydrogen (secondary N) is 1. The highest BCUT2D eigenvalue weighted by molar-refractivity contribution is 5.91. The molecule has 0 unspecified atom stereocenters. The SMILES string of the molecule is CC[NH+](CC)CC.[C-]#[N+]/C(C#N)=C(/C(C#N)=C/C=C/C(C#N)=C(\c1ccc(C(=O)O)cc1)C(C#N)C#N)c1ccc(C(=O)O)cc1. The van der Waals surface area contributed by atoms with Gasteiger partial charge in [0.2, 0.25) is 0 Å². The molecule has 0 aromatic heterocycles. The van der Waals surface area contributed by atoms with Gasteiger partial charge in [-0.1, -0.05) is 30.3 Å². The molecule has 0 aliphatic rings. The van der Waals surface area contributed by atoms with Gasteiger partial charge < -0.3 is 15.1 Å². The molecule has 0 aliphatic heterocycles. The lowest BCUT2D eigenvalue weighted by Crippen LogP contribution is -3.11. The molecule has 11 heteroatoms. The Morgan fingerprint density at radius 1 is 0.783 bits per heavy atom. The van der Waals surface area contributed by atoms with Crippen LogP contribution in [0, 0.1) is 69.1 Å². The van der Waals surface area contributed by atoms with E-state index in [4.69, 9.17) is 16.8 Å². The van der Waals surface area contributed by atoms with Crippen molar-refractivity contribution in [3.05, 3.63) is 117 Å². The predicted octanol–water partition coefficient (Wildman–Crippen LogP) is 4.81. The Kier molecular flexibility index (Phi) is 15.7. The Morgan fingerprint density at radius 2 is 1.24 bits per heavy atom. The van der Waals surface area contributed by atoms with Crippen LogP contribution in [0.4, 0.5) is 0 Å². The Bertz CT molecular complexity index is 1770. The summed E-state index contributed by atoms with van der Waals surface area (Å²) in [6, 6.07) is 19.5. The van der Waals surface area contributed by atoms with E-state index in [2.05, 4.69) is 25.6 Å². The van der Waals surface area contributed by atoms with Crippen molar-refractivity contribution in [2.75, 3.05) is 19.6 Å². The van der Waals surface area contributed by atoms with E-state index >= 15 is 0 Å². The van der Waals surface area contributed by atoms with Crippen molar-refractivity contribution in [2.45, 2.75) is 20.8 Å². The van der Waals surface area contributed by atoms with Gasteiger partial charge in [0, 0.05) is 11.1 Å². The second-order valence-corrected chi connectivity index (χ2v) is 9.20. The van der Waals surface area contributed by atoms with E-state index in [1.807, 2.05) is 12.1 Å². The highest BCUT2D eigenvalue weighted by Crippen LogP contribution is 2.30. The third-order valence-electron chi connectivity index (χ3n) is 6.69. The molecule has 0 atom stereocenters. The number of quaternary nitrogens is 1. The van der Waals surface area contributed by atoms with E-state index in [1.165, 1.54) is 86.4 Å². The summed E-state index contributed by atoms with van der Waals surface area (Å²) in [5.41, 5.74) is -0.330. The van der Waals surface area contributed by atoms with Gasteiger partial charge in [0.25, 0.3) is 5.70 Å². The molecule has 0 bridgehead atoms. The quantitative estimate of drug-likeness (QED) is 0.181. The number of aromatic carboxylic acids is 2. The molecule has 0 saturated heterocycles. The zero-order valence-electron chi connectivity index (χ0n) is 25.4. The van der Waals surface area contributed by atoms with Gasteiger partial charge in [-0.25, -0.2) is 19.7 Å². The smallest absolute Gasteiger partial charge is 0.335 e. The minimum Gasteiger partial charge on any atom is -0.478 e. The fraction of sp³-hybridized carbons (Fsp3) is 0.200. The zero-order chi connectivity index (χ0) is 34.6. The second kappa shape index (κ2) is 19.4. The van der Waals surface area contributed by atoms with Crippen molar-refractivity contribution in [1.29, 1.82) is 26.3 Å². The van der Waals surface area contributed by atoms with Crippen molar-refractivity contribution in [2.24, 2.45) is 5.92 Å². The van der Waals surface area contributed by atoms with Gasteiger partial charge in [-0.3, -0.25) is 0 Å². The van der Waals surface area contributed by atoms with E-state index in [1.54, 1.807) is 23.1 Å². The van der Waals surface area contributed by atoms with E-state index in [-0.39, 0.29) is 44.5 Å². The molecule has 11 nitrogen and oxygen atoms in total. The Labute approximate surface area is 267 Å². The van der Waals surface area contributed by atoms with Crippen molar-refractivity contribution < 1.29 is 24.7 Å². The molecular weight excluding hydrogens is 582 g/mol. The number of nitriles is 5. The topological polar surface area (TPSA) is 202 Å². The van der Waals surface area contributed by atoms with Crippen LogP contribution < -0.4 is 4.90 Å². The molecule has 0 saturated carbocycles. The molecule has 0 fully saturated rings. The van der Waals surface area contributed by atoms with Gasteiger partial charge in [0.15, 0.2) is 5.92 Å².